The van der Waals surface area contributed by atoms with Crippen LogP contribution >= 0.6 is 0 Å². The molecule has 5 aromatic carbocycles. The second-order valence-corrected chi connectivity index (χ2v) is 22.1. The Balaban J connectivity index is 0.936. The summed E-state index contributed by atoms with van der Waals surface area (Å²) in [6, 6.07) is 38.2. The van der Waals surface area contributed by atoms with Crippen LogP contribution in [0.3, 0.4) is 0 Å². The number of carbonyl (C=O) groups is 6. The molecule has 0 bridgehead atoms. The zero-order valence-corrected chi connectivity index (χ0v) is 44.0. The molecule has 15 heteroatoms. The highest BCUT2D eigenvalue weighted by molar-refractivity contribution is 6.09. The number of aryl methyl sites for hydroxylation is 1. The van der Waals surface area contributed by atoms with Crippen LogP contribution in [0.4, 0.5) is 21.0 Å². The van der Waals surface area contributed by atoms with Gasteiger partial charge in [0.1, 0.15) is 22.8 Å². The van der Waals surface area contributed by atoms with Crippen molar-refractivity contribution in [3.8, 4) is 22.4 Å². The third kappa shape index (κ3) is 11.0. The van der Waals surface area contributed by atoms with Crippen molar-refractivity contribution in [2.45, 2.75) is 115 Å². The Morgan fingerprint density at radius 3 is 2.07 bits per heavy atom. The van der Waals surface area contributed by atoms with E-state index in [2.05, 4.69) is 38.4 Å². The number of nitrogens with one attached hydrogen (secondary N) is 5. The molecule has 0 spiro atoms. The van der Waals surface area contributed by atoms with Gasteiger partial charge in [-0.15, -0.1) is 0 Å². The summed E-state index contributed by atoms with van der Waals surface area (Å²) in [5.41, 5.74) is 4.42. The average Bonchev–Trinajstić information content (AvgIpc) is 4.19. The number of alkyl carbamates (subject to hydrolysis) is 2. The molecule has 3 aliphatic rings. The maximum absolute atomic E-state index is 14.9. The second-order valence-electron chi connectivity index (χ2n) is 22.1. The Morgan fingerprint density at radius 2 is 1.41 bits per heavy atom. The molecule has 5 N–H and O–H groups in total. The molecule has 15 nitrogen and oxygen atoms in total. The third-order valence-corrected chi connectivity index (χ3v) is 14.2. The summed E-state index contributed by atoms with van der Waals surface area (Å²) in [6.07, 6.45) is 0.908. The van der Waals surface area contributed by atoms with E-state index in [0.29, 0.717) is 49.2 Å². The van der Waals surface area contributed by atoms with Gasteiger partial charge in [-0.25, -0.2) is 9.59 Å². The molecule has 5 atom stereocenters. The largest absolute Gasteiger partial charge is 0.444 e. The molecular weight excluding hydrogens is 947 g/mol. The molecule has 1 aromatic heterocycles. The Morgan fingerprint density at radius 1 is 0.747 bits per heavy atom. The third-order valence-electron chi connectivity index (χ3n) is 14.2. The van der Waals surface area contributed by atoms with Gasteiger partial charge in [0.2, 0.25) is 17.7 Å². The maximum Gasteiger partial charge on any atom is 0.408 e. The number of hydrogen-bond donors (Lipinski definition) is 5. The molecule has 3 fully saturated rings. The van der Waals surface area contributed by atoms with Gasteiger partial charge in [0.25, 0.3) is 5.91 Å². The van der Waals surface area contributed by atoms with E-state index in [-0.39, 0.29) is 30.8 Å². The number of H-pyrrole nitrogens is 1. The molecule has 6 aromatic rings. The lowest BCUT2D eigenvalue weighted by Gasteiger charge is -2.32. The van der Waals surface area contributed by atoms with Crippen molar-refractivity contribution >= 4 is 58.1 Å². The Hall–Kier alpha value is -7.94. The van der Waals surface area contributed by atoms with E-state index in [1.807, 2.05) is 105 Å². The van der Waals surface area contributed by atoms with Crippen LogP contribution in [-0.2, 0) is 34.1 Å². The summed E-state index contributed by atoms with van der Waals surface area (Å²) >= 11 is 0. The van der Waals surface area contributed by atoms with E-state index in [1.54, 1.807) is 70.7 Å². The van der Waals surface area contributed by atoms with Crippen LogP contribution in [0.5, 0.6) is 0 Å². The number of ether oxygens (including phenoxy) is 2. The quantitative estimate of drug-likeness (QED) is 0.0671. The first-order valence-electron chi connectivity index (χ1n) is 25.8. The highest BCUT2D eigenvalue weighted by Crippen LogP contribution is 2.60. The standard InChI is InChI=1S/C60H67N7O8/c1-9-30-66(52(69)51(38-18-12-10-13-19-38)65-56(73)75-58(6,7)8)36-48(68)61-43-25-23-39(24-26-43)50-49(40-20-16-17-37(2)32-40)45-33-44(27-28-46(45)63-50)62-53(70)60-34-42(60)29-31-67(60)54(71)59(41-21-14-11-15-22-41)35-47(59)64-55(72)74-57(3,4)5/h10-28,32-33,42,47,51,63H,9,29-31,34-36H2,1-8H3,(H,61,68)(H,62,70)(H,64,72)(H,65,73)/t42?,47-,51?,59-,60?/m0/s1. The predicted octanol–water partition coefficient (Wildman–Crippen LogP) is 10.4. The smallest absolute Gasteiger partial charge is 0.408 e. The number of aromatic nitrogens is 1. The summed E-state index contributed by atoms with van der Waals surface area (Å²) in [5, 5.41) is 12.7. The molecule has 9 rings (SSSR count). The summed E-state index contributed by atoms with van der Waals surface area (Å²) in [7, 11) is 0. The van der Waals surface area contributed by atoms with E-state index >= 15 is 0 Å². The number of fused-ring (bicyclic) bond motifs is 2. The molecule has 1 aliphatic heterocycles. The van der Waals surface area contributed by atoms with Crippen molar-refractivity contribution in [1.29, 1.82) is 0 Å². The number of nitrogens with zero attached hydrogens (tertiary/aromatic N) is 2. The molecule has 2 heterocycles. The molecule has 6 amide bonds. The van der Waals surface area contributed by atoms with E-state index < -0.39 is 58.2 Å². The lowest BCUT2D eigenvalue weighted by molar-refractivity contribution is -0.141. The molecular formula is C60H67N7O8. The van der Waals surface area contributed by atoms with Crippen molar-refractivity contribution in [2.24, 2.45) is 5.92 Å². The van der Waals surface area contributed by atoms with Gasteiger partial charge >= 0.3 is 12.2 Å². The first-order chi connectivity index (χ1) is 35.7. The maximum atomic E-state index is 14.9. The number of likely N-dealkylation sites (tertiary alicyclic amines) is 1. The summed E-state index contributed by atoms with van der Waals surface area (Å²) in [4.78, 5) is 90.2. The van der Waals surface area contributed by atoms with Crippen LogP contribution in [0.1, 0.15) is 96.9 Å². The number of benzene rings is 5. The number of rotatable bonds is 15. The summed E-state index contributed by atoms with van der Waals surface area (Å²) < 4.78 is 11.1. The monoisotopic (exact) mass is 1010 g/mol. The van der Waals surface area contributed by atoms with Gasteiger partial charge in [-0.05, 0) is 133 Å². The van der Waals surface area contributed by atoms with Crippen molar-refractivity contribution in [3.63, 3.8) is 0 Å². The van der Waals surface area contributed by atoms with E-state index in [0.717, 1.165) is 44.4 Å². The number of anilines is 2. The van der Waals surface area contributed by atoms with Gasteiger partial charge < -0.3 is 45.5 Å². The first-order valence-corrected chi connectivity index (χ1v) is 25.8. The first kappa shape index (κ1) is 51.9. The zero-order chi connectivity index (χ0) is 53.5. The predicted molar refractivity (Wildman–Crippen MR) is 290 cm³/mol. The number of amides is 6. The number of piperidine rings is 1. The van der Waals surface area contributed by atoms with Gasteiger partial charge in [-0.1, -0.05) is 110 Å². The zero-order valence-electron chi connectivity index (χ0n) is 44.0. The number of aromatic amines is 1. The lowest BCUT2D eigenvalue weighted by Crippen LogP contribution is -2.53. The molecule has 390 valence electrons. The van der Waals surface area contributed by atoms with E-state index in [1.165, 1.54) is 4.90 Å². The Bertz CT molecular complexity index is 3140. The van der Waals surface area contributed by atoms with Crippen LogP contribution in [-0.4, -0.2) is 93.0 Å². The molecule has 0 radical (unpaired) electrons. The van der Waals surface area contributed by atoms with Gasteiger partial charge in [-0.3, -0.25) is 19.2 Å². The normalized spacial score (nSPS) is 20.0. The topological polar surface area (TPSA) is 191 Å². The van der Waals surface area contributed by atoms with Crippen LogP contribution in [0.25, 0.3) is 33.3 Å². The van der Waals surface area contributed by atoms with Crippen molar-refractivity contribution < 1.29 is 38.2 Å². The van der Waals surface area contributed by atoms with Crippen molar-refractivity contribution in [3.05, 3.63) is 144 Å². The second kappa shape index (κ2) is 20.4. The molecule has 3 unspecified atom stereocenters. The van der Waals surface area contributed by atoms with E-state index in [9.17, 15) is 28.8 Å². The van der Waals surface area contributed by atoms with Gasteiger partial charge in [-0.2, -0.15) is 0 Å². The van der Waals surface area contributed by atoms with Crippen molar-refractivity contribution in [1.82, 2.24) is 25.4 Å². The van der Waals surface area contributed by atoms with Crippen LogP contribution < -0.4 is 21.3 Å². The Labute approximate surface area is 438 Å². The van der Waals surface area contributed by atoms with Gasteiger partial charge in [0, 0.05) is 40.9 Å². The number of carbonyl (C=O) groups excluding carboxylic acids is 6. The minimum atomic E-state index is -1.07. The molecule has 2 saturated carbocycles. The fourth-order valence-corrected chi connectivity index (χ4v) is 10.7. The SMILES string of the molecule is CCCN(CC(=O)Nc1ccc(-c2[nH]c3ccc(NC(=O)C45CC4CCN5C(=O)[C@]4(c5ccccc5)C[C@@H]4NC(=O)OC(C)(C)C)cc3c2-c2cccc(C)c2)cc1)C(=O)C(NC(=O)OC(C)(C)C)c1ccccc1. The van der Waals surface area contributed by atoms with E-state index in [4.69, 9.17) is 9.47 Å². The minimum Gasteiger partial charge on any atom is -0.444 e. The number of hydrogen-bond acceptors (Lipinski definition) is 8. The summed E-state index contributed by atoms with van der Waals surface area (Å²) in [6.45, 7) is 15.0. The van der Waals surface area contributed by atoms with Crippen LogP contribution in [0.2, 0.25) is 0 Å². The summed E-state index contributed by atoms with van der Waals surface area (Å²) in [5.74, 6) is -1.23. The van der Waals surface area contributed by atoms with Crippen LogP contribution in [0, 0.1) is 12.8 Å². The Kier molecular flexibility index (Phi) is 14.1. The average molecular weight is 1010 g/mol. The van der Waals surface area contributed by atoms with Gasteiger partial charge in [0.05, 0.1) is 23.7 Å². The van der Waals surface area contributed by atoms with Gasteiger partial charge in [0.15, 0.2) is 0 Å². The molecule has 1 saturated heterocycles. The van der Waals surface area contributed by atoms with Crippen LogP contribution in [0.15, 0.2) is 127 Å². The molecule has 75 heavy (non-hydrogen) atoms. The minimum absolute atomic E-state index is 0.0152. The molecule has 2 aliphatic carbocycles. The lowest BCUT2D eigenvalue weighted by atomic mass is 9.92. The fraction of sp³-hybridized carbons (Fsp3) is 0.367. The highest BCUT2D eigenvalue weighted by atomic mass is 16.6. The highest BCUT2D eigenvalue weighted by Gasteiger charge is 2.73. The van der Waals surface area contributed by atoms with Crippen molar-refractivity contribution in [2.75, 3.05) is 30.3 Å². The fourth-order valence-electron chi connectivity index (χ4n) is 10.7.